The van der Waals surface area contributed by atoms with Crippen LogP contribution in [0.15, 0.2) is 30.6 Å². The van der Waals surface area contributed by atoms with Crippen molar-refractivity contribution in [3.63, 3.8) is 0 Å². The van der Waals surface area contributed by atoms with Crippen LogP contribution < -0.4 is 0 Å². The molecule has 142 valence electrons. The molecule has 5 heteroatoms. The molecule has 0 bridgehead atoms. The van der Waals surface area contributed by atoms with Crippen molar-refractivity contribution in [2.45, 2.75) is 44.1 Å². The fraction of sp³-hybridized carbons (Fsp3) is 0.545. The molecule has 1 aromatic carbocycles. The summed E-state index contributed by atoms with van der Waals surface area (Å²) in [4.78, 5) is 25.8. The van der Waals surface area contributed by atoms with Gasteiger partial charge in [0.2, 0.25) is 5.91 Å². The molecule has 1 fully saturated rings. The third-order valence-electron chi connectivity index (χ3n) is 7.19. The number of likely N-dealkylation sites (tertiary alicyclic amines) is 1. The molecule has 2 aliphatic heterocycles. The van der Waals surface area contributed by atoms with E-state index in [0.717, 1.165) is 58.2 Å². The first kappa shape index (κ1) is 17.0. The maximum absolute atomic E-state index is 13.2. The van der Waals surface area contributed by atoms with Crippen LogP contribution in [0.5, 0.6) is 0 Å². The Kier molecular flexibility index (Phi) is 4.08. The second-order valence-electron chi connectivity index (χ2n) is 8.47. The lowest BCUT2D eigenvalue weighted by molar-refractivity contribution is -0.139. The minimum atomic E-state index is 0.00350. The number of hydrogen-bond donors (Lipinski definition) is 1. The first-order chi connectivity index (χ1) is 13.2. The highest BCUT2D eigenvalue weighted by atomic mass is 16.2. The van der Waals surface area contributed by atoms with Crippen LogP contribution >= 0.6 is 0 Å². The van der Waals surface area contributed by atoms with Crippen molar-refractivity contribution < 1.29 is 4.79 Å². The molecule has 0 radical (unpaired) electrons. The van der Waals surface area contributed by atoms with Gasteiger partial charge in [0.25, 0.3) is 0 Å². The Bertz CT molecular complexity index is 850. The Morgan fingerprint density at radius 3 is 2.74 bits per heavy atom. The topological polar surface area (TPSA) is 52.2 Å². The summed E-state index contributed by atoms with van der Waals surface area (Å²) in [6.45, 7) is 2.74. The zero-order chi connectivity index (χ0) is 18.4. The number of imidazole rings is 1. The molecular formula is C22H28N4O. The van der Waals surface area contributed by atoms with E-state index >= 15 is 0 Å². The molecule has 27 heavy (non-hydrogen) atoms. The van der Waals surface area contributed by atoms with Crippen molar-refractivity contribution in [3.05, 3.63) is 53.1 Å². The van der Waals surface area contributed by atoms with Crippen LogP contribution in [0, 0.1) is 5.92 Å². The summed E-state index contributed by atoms with van der Waals surface area (Å²) in [5.74, 6) is 0.513. The van der Waals surface area contributed by atoms with E-state index in [1.54, 1.807) is 0 Å². The highest BCUT2D eigenvalue weighted by Crippen LogP contribution is 2.41. The van der Waals surface area contributed by atoms with Crippen LogP contribution in [-0.2, 0) is 29.6 Å². The van der Waals surface area contributed by atoms with Gasteiger partial charge in [-0.15, -0.1) is 0 Å². The number of nitrogens with zero attached hydrogens (tertiary/aromatic N) is 3. The van der Waals surface area contributed by atoms with Crippen molar-refractivity contribution in [1.82, 2.24) is 19.8 Å². The van der Waals surface area contributed by atoms with Crippen LogP contribution in [0.3, 0.4) is 0 Å². The third kappa shape index (κ3) is 2.71. The standard InChI is InChI=1S/C22H28N4O/c1-25-11-8-19-20(24-15-23-19)22(25)9-12-26(13-10-22)21(27)18-7-6-16-4-2-3-5-17(16)14-18/h2-5,15,18H,6-14H2,1H3,(H,23,24)/t18-/m0/s1. The summed E-state index contributed by atoms with van der Waals surface area (Å²) < 4.78 is 0. The van der Waals surface area contributed by atoms with E-state index in [2.05, 4.69) is 51.1 Å². The van der Waals surface area contributed by atoms with Crippen LogP contribution in [0.2, 0.25) is 0 Å². The summed E-state index contributed by atoms with van der Waals surface area (Å²) in [6.07, 6.45) is 7.76. The van der Waals surface area contributed by atoms with Gasteiger partial charge in [-0.25, -0.2) is 4.98 Å². The first-order valence-electron chi connectivity index (χ1n) is 10.3. The van der Waals surface area contributed by atoms with Gasteiger partial charge >= 0.3 is 0 Å². The number of H-pyrrole nitrogens is 1. The van der Waals surface area contributed by atoms with Crippen molar-refractivity contribution in [1.29, 1.82) is 0 Å². The number of nitrogens with one attached hydrogen (secondary N) is 1. The number of piperidine rings is 1. The Labute approximate surface area is 160 Å². The Morgan fingerprint density at radius 2 is 1.93 bits per heavy atom. The summed E-state index contributed by atoms with van der Waals surface area (Å²) in [7, 11) is 2.22. The minimum Gasteiger partial charge on any atom is -0.348 e. The van der Waals surface area contributed by atoms with Crippen molar-refractivity contribution >= 4 is 5.91 Å². The number of aryl methyl sites for hydroxylation is 1. The van der Waals surface area contributed by atoms with Crippen LogP contribution in [0.25, 0.3) is 0 Å². The van der Waals surface area contributed by atoms with Gasteiger partial charge in [-0.05, 0) is 50.3 Å². The maximum atomic E-state index is 13.2. The predicted octanol–water partition coefficient (Wildman–Crippen LogP) is 2.52. The number of rotatable bonds is 1. The fourth-order valence-electron chi connectivity index (χ4n) is 5.47. The Hall–Kier alpha value is -2.14. The lowest BCUT2D eigenvalue weighted by atomic mass is 9.78. The fourth-order valence-corrected chi connectivity index (χ4v) is 5.47. The second-order valence-corrected chi connectivity index (χ2v) is 8.47. The smallest absolute Gasteiger partial charge is 0.226 e. The number of carbonyl (C=O) groups excluding carboxylic acids is 1. The van der Waals surface area contributed by atoms with Crippen molar-refractivity contribution in [2.75, 3.05) is 26.7 Å². The van der Waals surface area contributed by atoms with E-state index in [-0.39, 0.29) is 11.5 Å². The summed E-state index contributed by atoms with van der Waals surface area (Å²) in [6, 6.07) is 8.60. The first-order valence-corrected chi connectivity index (χ1v) is 10.3. The third-order valence-corrected chi connectivity index (χ3v) is 7.19. The van der Waals surface area contributed by atoms with Gasteiger partial charge in [0, 0.05) is 37.7 Å². The number of benzene rings is 1. The van der Waals surface area contributed by atoms with Gasteiger partial charge < -0.3 is 9.88 Å². The molecule has 1 spiro atoms. The average molecular weight is 364 g/mol. The highest BCUT2D eigenvalue weighted by molar-refractivity contribution is 5.79. The number of likely N-dealkylation sites (N-methyl/N-ethyl adjacent to an activating group) is 1. The van der Waals surface area contributed by atoms with Gasteiger partial charge in [0.1, 0.15) is 0 Å². The van der Waals surface area contributed by atoms with Gasteiger partial charge in [-0.3, -0.25) is 9.69 Å². The molecule has 3 aliphatic rings. The van der Waals surface area contributed by atoms with Crippen LogP contribution in [0.4, 0.5) is 0 Å². The van der Waals surface area contributed by atoms with E-state index in [4.69, 9.17) is 0 Å². The summed E-state index contributed by atoms with van der Waals surface area (Å²) >= 11 is 0. The zero-order valence-corrected chi connectivity index (χ0v) is 16.1. The maximum Gasteiger partial charge on any atom is 0.226 e. The lowest BCUT2D eigenvalue weighted by Crippen LogP contribution is -2.56. The number of hydrogen-bond acceptors (Lipinski definition) is 3. The molecule has 1 saturated heterocycles. The van der Waals surface area contributed by atoms with Crippen molar-refractivity contribution in [3.8, 4) is 0 Å². The van der Waals surface area contributed by atoms with E-state index in [9.17, 15) is 4.79 Å². The molecule has 5 rings (SSSR count). The molecule has 5 nitrogen and oxygen atoms in total. The largest absolute Gasteiger partial charge is 0.348 e. The van der Waals surface area contributed by atoms with Gasteiger partial charge in [-0.2, -0.15) is 0 Å². The molecule has 1 amide bonds. The highest BCUT2D eigenvalue weighted by Gasteiger charge is 2.46. The van der Waals surface area contributed by atoms with Crippen LogP contribution in [0.1, 0.15) is 41.8 Å². The van der Waals surface area contributed by atoms with E-state index in [0.29, 0.717) is 5.91 Å². The molecule has 2 aromatic rings. The SMILES string of the molecule is CN1CCc2[nH]cnc2C12CCN(C(=O)[C@H]1CCc3ccccc3C1)CC2. The predicted molar refractivity (Wildman–Crippen MR) is 104 cm³/mol. The van der Waals surface area contributed by atoms with E-state index < -0.39 is 0 Å². The van der Waals surface area contributed by atoms with Gasteiger partial charge in [-0.1, -0.05) is 24.3 Å². The summed E-state index contributed by atoms with van der Waals surface area (Å²) in [5, 5.41) is 0. The minimum absolute atomic E-state index is 0.00350. The Morgan fingerprint density at radius 1 is 1.15 bits per heavy atom. The number of fused-ring (bicyclic) bond motifs is 3. The summed E-state index contributed by atoms with van der Waals surface area (Å²) in [5.41, 5.74) is 5.30. The second kappa shape index (κ2) is 6.48. The zero-order valence-electron chi connectivity index (χ0n) is 16.1. The Balaban J connectivity index is 1.30. The van der Waals surface area contributed by atoms with E-state index in [1.807, 2.05) is 6.33 Å². The average Bonchev–Trinajstić information content (AvgIpc) is 3.20. The molecular weight excluding hydrogens is 336 g/mol. The van der Waals surface area contributed by atoms with Gasteiger partial charge in [0.15, 0.2) is 0 Å². The number of aromatic amines is 1. The van der Waals surface area contributed by atoms with Crippen molar-refractivity contribution in [2.24, 2.45) is 5.92 Å². The van der Waals surface area contributed by atoms with Crippen LogP contribution in [-0.4, -0.2) is 52.4 Å². The number of carbonyl (C=O) groups is 1. The molecule has 1 aromatic heterocycles. The molecule has 1 N–H and O–H groups in total. The monoisotopic (exact) mass is 364 g/mol. The molecule has 0 saturated carbocycles. The molecule has 1 aliphatic carbocycles. The number of aromatic nitrogens is 2. The quantitative estimate of drug-likeness (QED) is 0.846. The number of amides is 1. The van der Waals surface area contributed by atoms with E-state index in [1.165, 1.54) is 22.5 Å². The molecule has 3 heterocycles. The van der Waals surface area contributed by atoms with Gasteiger partial charge in [0.05, 0.1) is 17.6 Å². The lowest BCUT2D eigenvalue weighted by Gasteiger charge is -2.49. The molecule has 1 atom stereocenters. The normalized spacial score (nSPS) is 24.5. The molecule has 0 unspecified atom stereocenters.